The lowest BCUT2D eigenvalue weighted by atomic mass is 10.1. The van der Waals surface area contributed by atoms with Gasteiger partial charge in [0.1, 0.15) is 22.9 Å². The number of carbonyl (C=O) groups excluding carboxylic acids is 1. The van der Waals surface area contributed by atoms with Crippen molar-refractivity contribution in [3.63, 3.8) is 0 Å². The number of hydrogen-bond acceptors (Lipinski definition) is 6. The quantitative estimate of drug-likeness (QED) is 0.602. The fourth-order valence-electron chi connectivity index (χ4n) is 1.63. The second-order valence-corrected chi connectivity index (χ2v) is 6.39. The van der Waals surface area contributed by atoms with Gasteiger partial charge in [-0.25, -0.2) is 8.42 Å². The van der Waals surface area contributed by atoms with E-state index in [1.54, 1.807) is 13.8 Å². The molecule has 0 aliphatic rings. The third-order valence-corrected chi connectivity index (χ3v) is 3.21. The summed E-state index contributed by atoms with van der Waals surface area (Å²) in [7, 11) is -3.39. The molecule has 112 valence electrons. The molecule has 0 aromatic heterocycles. The van der Waals surface area contributed by atoms with Gasteiger partial charge in [-0.1, -0.05) is 0 Å². The lowest BCUT2D eigenvalue weighted by molar-refractivity contribution is 0.102. The van der Waals surface area contributed by atoms with Crippen molar-refractivity contribution in [3.8, 4) is 11.5 Å². The number of anilines is 1. The molecule has 0 saturated heterocycles. The maximum Gasteiger partial charge on any atom is 0.178 e. The van der Waals surface area contributed by atoms with Crippen LogP contribution in [0.5, 0.6) is 11.5 Å². The van der Waals surface area contributed by atoms with Gasteiger partial charge in [0.05, 0.1) is 13.2 Å². The van der Waals surface area contributed by atoms with Crippen LogP contribution >= 0.6 is 0 Å². The van der Waals surface area contributed by atoms with E-state index in [2.05, 4.69) is 0 Å². The van der Waals surface area contributed by atoms with Gasteiger partial charge in [0.15, 0.2) is 15.6 Å². The number of hydrogen-bond donors (Lipinski definition) is 1. The van der Waals surface area contributed by atoms with Gasteiger partial charge < -0.3 is 15.2 Å². The molecule has 1 aromatic rings. The van der Waals surface area contributed by atoms with E-state index in [1.165, 1.54) is 12.1 Å². The minimum atomic E-state index is -3.39. The maximum absolute atomic E-state index is 12.0. The predicted octanol–water partition coefficient (Wildman–Crippen LogP) is 1.29. The molecule has 0 heterocycles. The molecule has 0 atom stereocenters. The van der Waals surface area contributed by atoms with Gasteiger partial charge in [-0.15, -0.1) is 0 Å². The smallest absolute Gasteiger partial charge is 0.178 e. The van der Waals surface area contributed by atoms with Crippen molar-refractivity contribution in [1.29, 1.82) is 0 Å². The Morgan fingerprint density at radius 2 is 1.60 bits per heavy atom. The lowest BCUT2D eigenvalue weighted by Crippen LogP contribution is -2.15. The standard InChI is InChI=1S/C13H19NO5S/c1-4-18-11-6-9(10(15)8-20(3,16)17)7-12(13(11)14)19-5-2/h6-7H,4-5,8,14H2,1-3H3. The monoisotopic (exact) mass is 301 g/mol. The number of ketones is 1. The first kappa shape index (κ1) is 16.3. The number of nitrogens with two attached hydrogens (primary N) is 1. The molecule has 2 N–H and O–H groups in total. The minimum absolute atomic E-state index is 0.205. The normalized spacial score (nSPS) is 11.2. The molecular formula is C13H19NO5S. The average molecular weight is 301 g/mol. The molecule has 0 aliphatic carbocycles. The Morgan fingerprint density at radius 3 is 1.95 bits per heavy atom. The van der Waals surface area contributed by atoms with E-state index in [-0.39, 0.29) is 5.56 Å². The zero-order valence-electron chi connectivity index (χ0n) is 11.8. The van der Waals surface area contributed by atoms with Crippen molar-refractivity contribution in [2.45, 2.75) is 13.8 Å². The molecule has 7 heteroatoms. The molecule has 0 radical (unpaired) electrons. The molecule has 0 saturated carbocycles. The topological polar surface area (TPSA) is 95.7 Å². The maximum atomic E-state index is 12.0. The van der Waals surface area contributed by atoms with Crippen molar-refractivity contribution >= 4 is 21.3 Å². The number of sulfone groups is 1. The van der Waals surface area contributed by atoms with E-state index >= 15 is 0 Å². The van der Waals surface area contributed by atoms with Crippen molar-refractivity contribution in [2.24, 2.45) is 0 Å². The number of ether oxygens (including phenoxy) is 2. The molecule has 20 heavy (non-hydrogen) atoms. The Balaban J connectivity index is 3.22. The van der Waals surface area contributed by atoms with E-state index in [9.17, 15) is 13.2 Å². The molecule has 1 rings (SSSR count). The zero-order valence-corrected chi connectivity index (χ0v) is 12.6. The van der Waals surface area contributed by atoms with E-state index in [0.29, 0.717) is 30.4 Å². The number of rotatable bonds is 7. The first-order chi connectivity index (χ1) is 9.28. The first-order valence-electron chi connectivity index (χ1n) is 6.18. The van der Waals surface area contributed by atoms with Gasteiger partial charge in [0, 0.05) is 11.8 Å². The van der Waals surface area contributed by atoms with Crippen molar-refractivity contribution in [2.75, 3.05) is 31.0 Å². The van der Waals surface area contributed by atoms with Crippen LogP contribution in [0.2, 0.25) is 0 Å². The van der Waals surface area contributed by atoms with Crippen LogP contribution < -0.4 is 15.2 Å². The summed E-state index contributed by atoms with van der Waals surface area (Å²) in [4.78, 5) is 12.0. The lowest BCUT2D eigenvalue weighted by Gasteiger charge is -2.14. The molecule has 0 spiro atoms. The van der Waals surface area contributed by atoms with Crippen LogP contribution in [0.25, 0.3) is 0 Å². The van der Waals surface area contributed by atoms with Crippen molar-refractivity contribution < 1.29 is 22.7 Å². The molecular weight excluding hydrogens is 282 g/mol. The Kier molecular flexibility index (Phi) is 5.38. The summed E-state index contributed by atoms with van der Waals surface area (Å²) < 4.78 is 33.1. The Bertz CT molecular complexity index is 568. The molecule has 0 unspecified atom stereocenters. The van der Waals surface area contributed by atoms with Crippen molar-refractivity contribution in [3.05, 3.63) is 17.7 Å². The van der Waals surface area contributed by atoms with Gasteiger partial charge in [0.2, 0.25) is 0 Å². The largest absolute Gasteiger partial charge is 0.492 e. The van der Waals surface area contributed by atoms with Crippen LogP contribution in [-0.4, -0.2) is 39.4 Å². The number of benzene rings is 1. The van der Waals surface area contributed by atoms with E-state index in [4.69, 9.17) is 15.2 Å². The highest BCUT2D eigenvalue weighted by molar-refractivity contribution is 7.91. The fraction of sp³-hybridized carbons (Fsp3) is 0.462. The highest BCUT2D eigenvalue weighted by Gasteiger charge is 2.18. The third-order valence-electron chi connectivity index (χ3n) is 2.42. The summed E-state index contributed by atoms with van der Waals surface area (Å²) in [5.41, 5.74) is 6.37. The van der Waals surface area contributed by atoms with Gasteiger partial charge in [0.25, 0.3) is 0 Å². The van der Waals surface area contributed by atoms with Crippen LogP contribution in [0, 0.1) is 0 Å². The Labute approximate surface area is 118 Å². The van der Waals surface area contributed by atoms with Crippen LogP contribution in [0.3, 0.4) is 0 Å². The Hall–Kier alpha value is -1.76. The summed E-state index contributed by atoms with van der Waals surface area (Å²) >= 11 is 0. The van der Waals surface area contributed by atoms with E-state index in [0.717, 1.165) is 6.26 Å². The van der Waals surface area contributed by atoms with E-state index in [1.807, 2.05) is 0 Å². The van der Waals surface area contributed by atoms with Gasteiger partial charge in [-0.3, -0.25) is 4.79 Å². The molecule has 1 aromatic carbocycles. The van der Waals surface area contributed by atoms with Gasteiger partial charge in [-0.05, 0) is 26.0 Å². The van der Waals surface area contributed by atoms with E-state index < -0.39 is 21.4 Å². The van der Waals surface area contributed by atoms with Gasteiger partial charge >= 0.3 is 0 Å². The molecule has 6 nitrogen and oxygen atoms in total. The summed E-state index contributed by atoms with van der Waals surface area (Å²) in [5, 5.41) is 0. The zero-order chi connectivity index (χ0) is 15.3. The summed E-state index contributed by atoms with van der Waals surface area (Å²) in [5.74, 6) is -0.450. The molecule has 0 amide bonds. The van der Waals surface area contributed by atoms with Crippen molar-refractivity contribution in [1.82, 2.24) is 0 Å². The predicted molar refractivity (Wildman–Crippen MR) is 77.2 cm³/mol. The number of nitrogen functional groups attached to an aromatic ring is 1. The highest BCUT2D eigenvalue weighted by Crippen LogP contribution is 2.33. The molecule has 0 aliphatic heterocycles. The van der Waals surface area contributed by atoms with Crippen LogP contribution in [-0.2, 0) is 9.84 Å². The summed E-state index contributed by atoms with van der Waals surface area (Å²) in [6.45, 7) is 4.31. The minimum Gasteiger partial charge on any atom is -0.492 e. The average Bonchev–Trinajstić information content (AvgIpc) is 2.32. The van der Waals surface area contributed by atoms with Crippen LogP contribution in [0.4, 0.5) is 5.69 Å². The first-order valence-corrected chi connectivity index (χ1v) is 8.24. The second-order valence-electron chi connectivity index (χ2n) is 4.25. The van der Waals surface area contributed by atoms with Crippen LogP contribution in [0.15, 0.2) is 12.1 Å². The van der Waals surface area contributed by atoms with Crippen LogP contribution in [0.1, 0.15) is 24.2 Å². The number of Topliss-reactive ketones (excluding diaryl/α,β-unsaturated/α-hetero) is 1. The number of carbonyl (C=O) groups is 1. The highest BCUT2D eigenvalue weighted by atomic mass is 32.2. The second kappa shape index (κ2) is 6.60. The fourth-order valence-corrected chi connectivity index (χ4v) is 2.28. The molecule has 0 fully saturated rings. The molecule has 0 bridgehead atoms. The van der Waals surface area contributed by atoms with Gasteiger partial charge in [-0.2, -0.15) is 0 Å². The summed E-state index contributed by atoms with van der Waals surface area (Å²) in [6.07, 6.45) is 1.01. The summed E-state index contributed by atoms with van der Waals surface area (Å²) in [6, 6.07) is 2.88. The SMILES string of the molecule is CCOc1cc(C(=O)CS(C)(=O)=O)cc(OCC)c1N. The third kappa shape index (κ3) is 4.41. The Morgan fingerprint density at radius 1 is 1.15 bits per heavy atom.